The van der Waals surface area contributed by atoms with Crippen molar-refractivity contribution in [3.63, 3.8) is 0 Å². The molecule has 1 fully saturated rings. The second-order valence-corrected chi connectivity index (χ2v) is 4.66. The molecule has 1 aromatic heterocycles. The molecule has 1 saturated heterocycles. The van der Waals surface area contributed by atoms with E-state index in [0.29, 0.717) is 12.3 Å². The van der Waals surface area contributed by atoms with Gasteiger partial charge in [0.05, 0.1) is 19.2 Å². The van der Waals surface area contributed by atoms with Gasteiger partial charge in [0.25, 0.3) is 5.91 Å². The Labute approximate surface area is 116 Å². The molecule has 0 bridgehead atoms. The van der Waals surface area contributed by atoms with Crippen LogP contribution in [0.15, 0.2) is 53.1 Å². The van der Waals surface area contributed by atoms with Crippen LogP contribution in [-0.4, -0.2) is 17.9 Å². The summed E-state index contributed by atoms with van der Waals surface area (Å²) >= 11 is 0. The largest absolute Gasteiger partial charge is 0.467 e. The van der Waals surface area contributed by atoms with E-state index in [1.165, 1.54) is 0 Å². The van der Waals surface area contributed by atoms with Gasteiger partial charge >= 0.3 is 0 Å². The summed E-state index contributed by atoms with van der Waals surface area (Å²) in [5, 5.41) is 2.61. The summed E-state index contributed by atoms with van der Waals surface area (Å²) in [4.78, 5) is 25.1. The molecule has 1 aliphatic heterocycles. The topological polar surface area (TPSA) is 62.6 Å². The summed E-state index contributed by atoms with van der Waals surface area (Å²) in [6.45, 7) is 0.349. The summed E-state index contributed by atoms with van der Waals surface area (Å²) in [6, 6.07) is 12.5. The van der Waals surface area contributed by atoms with Crippen molar-refractivity contribution in [3.8, 4) is 0 Å². The highest BCUT2D eigenvalue weighted by Crippen LogP contribution is 2.20. The highest BCUT2D eigenvalue weighted by molar-refractivity contribution is 6.04. The van der Waals surface area contributed by atoms with Crippen LogP contribution < -0.4 is 10.2 Å². The molecule has 1 aliphatic rings. The fourth-order valence-electron chi connectivity index (χ4n) is 2.16. The van der Waals surface area contributed by atoms with Crippen molar-refractivity contribution in [2.75, 3.05) is 4.90 Å². The zero-order valence-electron chi connectivity index (χ0n) is 10.8. The molecule has 1 atom stereocenters. The maximum absolute atomic E-state index is 12.5. The molecular formula is C15H14N2O3. The molecule has 5 heteroatoms. The highest BCUT2D eigenvalue weighted by atomic mass is 16.3. The number of rotatable bonds is 4. The van der Waals surface area contributed by atoms with Gasteiger partial charge in [-0.25, -0.2) is 0 Å². The Bertz CT molecular complexity index is 599. The highest BCUT2D eigenvalue weighted by Gasteiger charge is 2.35. The number of carbonyl (C=O) groups is 2. The Kier molecular flexibility index (Phi) is 3.25. The number of benzene rings is 1. The number of anilines is 1. The van der Waals surface area contributed by atoms with Gasteiger partial charge in [0.2, 0.25) is 5.91 Å². The summed E-state index contributed by atoms with van der Waals surface area (Å²) in [7, 11) is 0. The smallest absolute Gasteiger partial charge is 0.250 e. The van der Waals surface area contributed by atoms with Crippen LogP contribution >= 0.6 is 0 Å². The molecular weight excluding hydrogens is 256 g/mol. The predicted octanol–water partition coefficient (Wildman–Crippen LogP) is 1.70. The molecule has 2 amide bonds. The molecule has 0 unspecified atom stereocenters. The van der Waals surface area contributed by atoms with E-state index in [4.69, 9.17) is 4.42 Å². The van der Waals surface area contributed by atoms with Gasteiger partial charge in [-0.15, -0.1) is 0 Å². The summed E-state index contributed by atoms with van der Waals surface area (Å²) in [5.41, 5.74) is 0.787. The van der Waals surface area contributed by atoms with Crippen molar-refractivity contribution in [3.05, 3.63) is 54.5 Å². The van der Waals surface area contributed by atoms with Crippen molar-refractivity contribution < 1.29 is 14.0 Å². The van der Waals surface area contributed by atoms with E-state index >= 15 is 0 Å². The minimum absolute atomic E-state index is 0.0886. The molecule has 2 heterocycles. The Morgan fingerprint density at radius 2 is 2.00 bits per heavy atom. The average Bonchev–Trinajstić information content (AvgIpc) is 2.95. The number of hydrogen-bond donors (Lipinski definition) is 1. The molecule has 0 aliphatic carbocycles. The van der Waals surface area contributed by atoms with E-state index in [1.54, 1.807) is 17.2 Å². The quantitative estimate of drug-likeness (QED) is 0.860. The lowest BCUT2D eigenvalue weighted by Gasteiger charge is -2.31. The molecule has 20 heavy (non-hydrogen) atoms. The Morgan fingerprint density at radius 3 is 2.60 bits per heavy atom. The van der Waals surface area contributed by atoms with E-state index in [0.717, 1.165) is 5.69 Å². The van der Waals surface area contributed by atoms with E-state index in [2.05, 4.69) is 5.32 Å². The molecule has 0 saturated carbocycles. The molecule has 3 rings (SSSR count). The van der Waals surface area contributed by atoms with Gasteiger partial charge in [0.1, 0.15) is 11.8 Å². The fraction of sp³-hybridized carbons (Fsp3) is 0.200. The molecule has 2 aromatic rings. The van der Waals surface area contributed by atoms with Crippen LogP contribution in [-0.2, 0) is 16.1 Å². The average molecular weight is 270 g/mol. The van der Waals surface area contributed by atoms with Crippen LogP contribution in [0.1, 0.15) is 12.2 Å². The maximum atomic E-state index is 12.5. The molecule has 5 nitrogen and oxygen atoms in total. The number of nitrogens with one attached hydrogen (secondary N) is 1. The van der Waals surface area contributed by atoms with Gasteiger partial charge in [0.15, 0.2) is 0 Å². The van der Waals surface area contributed by atoms with Gasteiger partial charge in [-0.1, -0.05) is 18.2 Å². The number of para-hydroxylation sites is 1. The van der Waals surface area contributed by atoms with E-state index in [9.17, 15) is 9.59 Å². The number of hydrogen-bond acceptors (Lipinski definition) is 3. The lowest BCUT2D eigenvalue weighted by Crippen LogP contribution is -2.57. The third kappa shape index (κ3) is 2.42. The summed E-state index contributed by atoms with van der Waals surface area (Å²) in [6.07, 6.45) is 1.83. The minimum Gasteiger partial charge on any atom is -0.467 e. The number of nitrogens with zero attached hydrogens (tertiary/aromatic N) is 1. The van der Waals surface area contributed by atoms with Crippen LogP contribution in [0, 0.1) is 0 Å². The summed E-state index contributed by atoms with van der Waals surface area (Å²) < 4.78 is 5.31. The zero-order chi connectivity index (χ0) is 13.9. The van der Waals surface area contributed by atoms with Crippen LogP contribution in [0.2, 0.25) is 0 Å². The number of furan rings is 1. The number of amides is 2. The van der Waals surface area contributed by atoms with Crippen LogP contribution in [0.3, 0.4) is 0 Å². The van der Waals surface area contributed by atoms with Crippen molar-refractivity contribution in [1.29, 1.82) is 0 Å². The second-order valence-electron chi connectivity index (χ2n) is 4.66. The first-order valence-corrected chi connectivity index (χ1v) is 6.42. The van der Waals surface area contributed by atoms with Crippen molar-refractivity contribution in [2.45, 2.75) is 19.0 Å². The first-order valence-electron chi connectivity index (χ1n) is 6.42. The van der Waals surface area contributed by atoms with E-state index < -0.39 is 6.04 Å². The van der Waals surface area contributed by atoms with Crippen LogP contribution in [0.4, 0.5) is 5.69 Å². The Hall–Kier alpha value is -2.56. The van der Waals surface area contributed by atoms with Crippen LogP contribution in [0.25, 0.3) is 0 Å². The molecule has 0 radical (unpaired) electrons. The van der Waals surface area contributed by atoms with E-state index in [1.807, 2.05) is 36.4 Å². The van der Waals surface area contributed by atoms with Crippen LogP contribution in [0.5, 0.6) is 0 Å². The molecule has 1 N–H and O–H groups in total. The monoisotopic (exact) mass is 270 g/mol. The minimum atomic E-state index is -0.433. The van der Waals surface area contributed by atoms with Gasteiger partial charge in [-0.3, -0.25) is 9.59 Å². The van der Waals surface area contributed by atoms with Gasteiger partial charge in [0, 0.05) is 5.69 Å². The maximum Gasteiger partial charge on any atom is 0.250 e. The number of carbonyl (C=O) groups excluding carboxylic acids is 2. The zero-order valence-corrected chi connectivity index (χ0v) is 10.8. The predicted molar refractivity (Wildman–Crippen MR) is 72.9 cm³/mol. The Balaban J connectivity index is 1.83. The summed E-state index contributed by atoms with van der Waals surface area (Å²) in [5.74, 6) is 0.495. The first-order chi connectivity index (χ1) is 9.74. The van der Waals surface area contributed by atoms with Gasteiger partial charge in [-0.2, -0.15) is 0 Å². The van der Waals surface area contributed by atoms with Crippen molar-refractivity contribution in [2.24, 2.45) is 0 Å². The third-order valence-electron chi connectivity index (χ3n) is 3.25. The van der Waals surface area contributed by atoms with Gasteiger partial charge < -0.3 is 14.6 Å². The first kappa shape index (κ1) is 12.5. The van der Waals surface area contributed by atoms with E-state index in [-0.39, 0.29) is 18.2 Å². The lowest BCUT2D eigenvalue weighted by molar-refractivity contribution is -0.136. The molecule has 0 spiro atoms. The molecule has 1 aromatic carbocycles. The second kappa shape index (κ2) is 5.21. The lowest BCUT2D eigenvalue weighted by atomic mass is 10.0. The SMILES string of the molecule is O=C1C[C@@H](C(=O)N(Cc2ccco2)c2ccccc2)N1. The fourth-order valence-corrected chi connectivity index (χ4v) is 2.16. The molecule has 102 valence electrons. The normalized spacial score (nSPS) is 17.2. The standard InChI is InChI=1S/C15H14N2O3/c18-14-9-13(16-14)15(19)17(10-12-7-4-8-20-12)11-5-2-1-3-6-11/h1-8,13H,9-10H2,(H,16,18)/t13-/m0/s1. The van der Waals surface area contributed by atoms with Crippen molar-refractivity contribution >= 4 is 17.5 Å². The Morgan fingerprint density at radius 1 is 1.25 bits per heavy atom. The number of β-lactam (4-membered cyclic amide) rings is 1. The van der Waals surface area contributed by atoms with Gasteiger partial charge in [-0.05, 0) is 24.3 Å². The third-order valence-corrected chi connectivity index (χ3v) is 3.25. The van der Waals surface area contributed by atoms with Crippen molar-refractivity contribution in [1.82, 2.24) is 5.32 Å².